The van der Waals surface area contributed by atoms with Gasteiger partial charge in [0.2, 0.25) is 0 Å². The van der Waals surface area contributed by atoms with Crippen LogP contribution in [-0.2, 0) is 6.42 Å². The lowest BCUT2D eigenvalue weighted by Gasteiger charge is -2.25. The molecule has 0 aromatic heterocycles. The summed E-state index contributed by atoms with van der Waals surface area (Å²) in [7, 11) is 0. The SMILES string of the molecule is O=C1C[C@@H](Cc2ccccc2)Oc2ccc(Br)cc21. The van der Waals surface area contributed by atoms with Gasteiger partial charge in [0, 0.05) is 17.3 Å². The molecule has 1 heterocycles. The van der Waals surface area contributed by atoms with E-state index in [9.17, 15) is 4.79 Å². The van der Waals surface area contributed by atoms with Crippen molar-refractivity contribution in [1.82, 2.24) is 0 Å². The van der Waals surface area contributed by atoms with Gasteiger partial charge in [0.25, 0.3) is 0 Å². The van der Waals surface area contributed by atoms with Crippen molar-refractivity contribution in [1.29, 1.82) is 0 Å². The van der Waals surface area contributed by atoms with Gasteiger partial charge in [0.1, 0.15) is 11.9 Å². The maximum Gasteiger partial charge on any atom is 0.170 e. The first kappa shape index (κ1) is 12.4. The van der Waals surface area contributed by atoms with Crippen LogP contribution < -0.4 is 4.74 Å². The zero-order valence-corrected chi connectivity index (χ0v) is 11.9. The van der Waals surface area contributed by atoms with Crippen LogP contribution in [0.25, 0.3) is 0 Å². The quantitative estimate of drug-likeness (QED) is 0.836. The van der Waals surface area contributed by atoms with Crippen molar-refractivity contribution >= 4 is 21.7 Å². The zero-order chi connectivity index (χ0) is 13.2. The predicted molar refractivity (Wildman–Crippen MR) is 77.7 cm³/mol. The molecule has 96 valence electrons. The largest absolute Gasteiger partial charge is 0.489 e. The highest BCUT2D eigenvalue weighted by atomic mass is 79.9. The molecule has 0 aliphatic carbocycles. The fourth-order valence-corrected chi connectivity index (χ4v) is 2.71. The Balaban J connectivity index is 1.82. The number of rotatable bonds is 2. The number of carbonyl (C=O) groups is 1. The summed E-state index contributed by atoms with van der Waals surface area (Å²) in [5.74, 6) is 0.851. The number of Topliss-reactive ketones (excluding diaryl/α,β-unsaturated/α-hetero) is 1. The first-order valence-electron chi connectivity index (χ1n) is 6.26. The molecule has 19 heavy (non-hydrogen) atoms. The van der Waals surface area contributed by atoms with E-state index >= 15 is 0 Å². The maximum absolute atomic E-state index is 12.1. The van der Waals surface area contributed by atoms with Gasteiger partial charge < -0.3 is 4.74 Å². The summed E-state index contributed by atoms with van der Waals surface area (Å²) in [6, 6.07) is 15.7. The van der Waals surface area contributed by atoms with Gasteiger partial charge in [0.05, 0.1) is 5.56 Å². The Morgan fingerprint density at radius 3 is 2.74 bits per heavy atom. The van der Waals surface area contributed by atoms with E-state index in [0.29, 0.717) is 17.7 Å². The minimum absolute atomic E-state index is 0.0661. The summed E-state index contributed by atoms with van der Waals surface area (Å²) in [5, 5.41) is 0. The molecule has 3 rings (SSSR count). The molecule has 0 spiro atoms. The van der Waals surface area contributed by atoms with Gasteiger partial charge in [-0.3, -0.25) is 4.79 Å². The lowest BCUT2D eigenvalue weighted by Crippen LogP contribution is -2.28. The van der Waals surface area contributed by atoms with Crippen LogP contribution in [0.4, 0.5) is 0 Å². The summed E-state index contributed by atoms with van der Waals surface area (Å²) in [6.45, 7) is 0. The van der Waals surface area contributed by atoms with Gasteiger partial charge in [-0.2, -0.15) is 0 Å². The third kappa shape index (κ3) is 2.71. The summed E-state index contributed by atoms with van der Waals surface area (Å²) in [6.07, 6.45) is 1.14. The number of carbonyl (C=O) groups excluding carboxylic acids is 1. The molecule has 1 aliphatic heterocycles. The molecule has 2 nitrogen and oxygen atoms in total. The molecular weight excluding hydrogens is 304 g/mol. The Morgan fingerprint density at radius 1 is 1.16 bits per heavy atom. The van der Waals surface area contributed by atoms with E-state index in [-0.39, 0.29) is 11.9 Å². The first-order valence-corrected chi connectivity index (χ1v) is 7.05. The third-order valence-corrected chi connectivity index (χ3v) is 3.75. The molecular formula is C16H13BrO2. The van der Waals surface area contributed by atoms with E-state index in [1.54, 1.807) is 0 Å². The normalized spacial score (nSPS) is 17.7. The molecule has 1 aliphatic rings. The van der Waals surface area contributed by atoms with Gasteiger partial charge in [-0.25, -0.2) is 0 Å². The van der Waals surface area contributed by atoms with Crippen molar-refractivity contribution < 1.29 is 9.53 Å². The van der Waals surface area contributed by atoms with Crippen molar-refractivity contribution in [2.24, 2.45) is 0 Å². The van der Waals surface area contributed by atoms with Crippen molar-refractivity contribution in [2.75, 3.05) is 0 Å². The maximum atomic E-state index is 12.1. The standard InChI is InChI=1S/C16H13BrO2/c17-12-6-7-16-14(9-12)15(18)10-13(19-16)8-11-4-2-1-3-5-11/h1-7,9,13H,8,10H2/t13-/m1/s1. The lowest BCUT2D eigenvalue weighted by molar-refractivity contribution is 0.0851. The van der Waals surface area contributed by atoms with Crippen LogP contribution in [0, 0.1) is 0 Å². The second-order valence-electron chi connectivity index (χ2n) is 4.70. The Morgan fingerprint density at radius 2 is 1.95 bits per heavy atom. The molecule has 2 aromatic carbocycles. The number of ketones is 1. The molecule has 0 bridgehead atoms. The monoisotopic (exact) mass is 316 g/mol. The lowest BCUT2D eigenvalue weighted by atomic mass is 9.96. The highest BCUT2D eigenvalue weighted by Crippen LogP contribution is 2.31. The molecule has 1 atom stereocenters. The van der Waals surface area contributed by atoms with Crippen LogP contribution in [-0.4, -0.2) is 11.9 Å². The topological polar surface area (TPSA) is 26.3 Å². The van der Waals surface area contributed by atoms with E-state index in [0.717, 1.165) is 10.9 Å². The molecule has 3 heteroatoms. The van der Waals surface area contributed by atoms with E-state index in [1.165, 1.54) is 5.56 Å². The van der Waals surface area contributed by atoms with Crippen molar-refractivity contribution in [3.8, 4) is 5.75 Å². The van der Waals surface area contributed by atoms with E-state index in [4.69, 9.17) is 4.74 Å². The third-order valence-electron chi connectivity index (χ3n) is 3.25. The fraction of sp³-hybridized carbons (Fsp3) is 0.188. The highest BCUT2D eigenvalue weighted by molar-refractivity contribution is 9.10. The fourth-order valence-electron chi connectivity index (χ4n) is 2.35. The number of halogens is 1. The first-order chi connectivity index (χ1) is 9.22. The van der Waals surface area contributed by atoms with Gasteiger partial charge >= 0.3 is 0 Å². The Hall–Kier alpha value is -1.61. The second-order valence-corrected chi connectivity index (χ2v) is 5.61. The van der Waals surface area contributed by atoms with Crippen LogP contribution in [0.5, 0.6) is 5.75 Å². The van der Waals surface area contributed by atoms with Gasteiger partial charge in [-0.1, -0.05) is 46.3 Å². The number of fused-ring (bicyclic) bond motifs is 1. The van der Waals surface area contributed by atoms with Gasteiger partial charge in [-0.15, -0.1) is 0 Å². The molecule has 0 radical (unpaired) electrons. The second kappa shape index (κ2) is 5.17. The predicted octanol–water partition coefficient (Wildman–Crippen LogP) is 4.03. The summed E-state index contributed by atoms with van der Waals surface area (Å²) in [5.41, 5.74) is 1.87. The van der Waals surface area contributed by atoms with Crippen LogP contribution in [0.15, 0.2) is 53.0 Å². The van der Waals surface area contributed by atoms with E-state index in [1.807, 2.05) is 36.4 Å². The minimum Gasteiger partial charge on any atom is -0.489 e. The Labute approximate surface area is 120 Å². The number of ether oxygens (including phenoxy) is 1. The molecule has 0 N–H and O–H groups in total. The number of hydrogen-bond acceptors (Lipinski definition) is 2. The van der Waals surface area contributed by atoms with Crippen molar-refractivity contribution in [3.05, 3.63) is 64.1 Å². The summed E-state index contributed by atoms with van der Waals surface area (Å²) in [4.78, 5) is 12.1. The van der Waals surface area contributed by atoms with Crippen LogP contribution >= 0.6 is 15.9 Å². The van der Waals surface area contributed by atoms with E-state index in [2.05, 4.69) is 28.1 Å². The molecule has 0 saturated heterocycles. The van der Waals surface area contributed by atoms with Gasteiger partial charge in [-0.05, 0) is 23.8 Å². The van der Waals surface area contributed by atoms with E-state index < -0.39 is 0 Å². The number of benzene rings is 2. The molecule has 2 aromatic rings. The zero-order valence-electron chi connectivity index (χ0n) is 10.3. The van der Waals surface area contributed by atoms with Crippen LogP contribution in [0.3, 0.4) is 0 Å². The molecule has 0 fully saturated rings. The van der Waals surface area contributed by atoms with Crippen LogP contribution in [0.1, 0.15) is 22.3 Å². The van der Waals surface area contributed by atoms with Crippen molar-refractivity contribution in [3.63, 3.8) is 0 Å². The summed E-state index contributed by atoms with van der Waals surface area (Å²) < 4.78 is 6.83. The smallest absolute Gasteiger partial charge is 0.170 e. The molecule has 0 saturated carbocycles. The minimum atomic E-state index is -0.0661. The summed E-state index contributed by atoms with van der Waals surface area (Å²) >= 11 is 3.38. The van der Waals surface area contributed by atoms with Crippen molar-refractivity contribution in [2.45, 2.75) is 18.9 Å². The highest BCUT2D eigenvalue weighted by Gasteiger charge is 2.26. The van der Waals surface area contributed by atoms with Crippen LogP contribution in [0.2, 0.25) is 0 Å². The van der Waals surface area contributed by atoms with Gasteiger partial charge in [0.15, 0.2) is 5.78 Å². The molecule has 0 unspecified atom stereocenters. The molecule has 0 amide bonds. The number of hydrogen-bond donors (Lipinski definition) is 0. The Kier molecular flexibility index (Phi) is 3.38. The average molecular weight is 317 g/mol. The average Bonchev–Trinajstić information content (AvgIpc) is 2.41. The Bertz CT molecular complexity index is 607.